The molecule has 0 fully saturated rings. The van der Waals surface area contributed by atoms with E-state index in [-0.39, 0.29) is 0 Å². The maximum absolute atomic E-state index is 11.8. The van der Waals surface area contributed by atoms with E-state index in [1.807, 2.05) is 19.1 Å². The lowest BCUT2D eigenvalue weighted by atomic mass is 10.0. The highest BCUT2D eigenvalue weighted by molar-refractivity contribution is 5.88. The molecule has 0 saturated heterocycles. The SMILES string of the molecule is CCCCCCCCCCCCCCCCCCOOC(=O)c1ccc(C)cc1. The highest BCUT2D eigenvalue weighted by Gasteiger charge is 2.07. The summed E-state index contributed by atoms with van der Waals surface area (Å²) in [4.78, 5) is 21.7. The second-order valence-electron chi connectivity index (χ2n) is 8.36. The summed E-state index contributed by atoms with van der Waals surface area (Å²) in [5, 5.41) is 0. The summed E-state index contributed by atoms with van der Waals surface area (Å²) in [6.45, 7) is 4.75. The Bertz CT molecular complexity index is 495. The van der Waals surface area contributed by atoms with Crippen molar-refractivity contribution in [3.63, 3.8) is 0 Å². The molecule has 0 heterocycles. The Morgan fingerprint density at radius 2 is 1.07 bits per heavy atom. The van der Waals surface area contributed by atoms with E-state index < -0.39 is 5.97 Å². The standard InChI is InChI=1S/C26H44O3/c1-3-4-5-6-7-8-9-10-11-12-13-14-15-16-17-18-23-28-29-26(27)25-21-19-24(2)20-22-25/h19-22H,3-18,23H2,1-2H3. The van der Waals surface area contributed by atoms with Gasteiger partial charge in [-0.3, -0.25) is 4.89 Å². The molecule has 0 radical (unpaired) electrons. The van der Waals surface area contributed by atoms with E-state index in [2.05, 4.69) is 6.92 Å². The predicted molar refractivity (Wildman–Crippen MR) is 122 cm³/mol. The summed E-state index contributed by atoms with van der Waals surface area (Å²) < 4.78 is 0. The molecule has 0 aromatic heterocycles. The van der Waals surface area contributed by atoms with Gasteiger partial charge in [0.25, 0.3) is 0 Å². The van der Waals surface area contributed by atoms with E-state index in [0.717, 1.165) is 18.4 Å². The number of unbranched alkanes of at least 4 members (excludes halogenated alkanes) is 15. The highest BCUT2D eigenvalue weighted by atomic mass is 17.2. The van der Waals surface area contributed by atoms with E-state index in [4.69, 9.17) is 9.78 Å². The first kappa shape index (κ1) is 25.7. The van der Waals surface area contributed by atoms with Crippen molar-refractivity contribution < 1.29 is 14.6 Å². The number of benzene rings is 1. The zero-order valence-corrected chi connectivity index (χ0v) is 19.1. The van der Waals surface area contributed by atoms with Crippen molar-refractivity contribution in [3.05, 3.63) is 35.4 Å². The lowest BCUT2D eigenvalue weighted by Crippen LogP contribution is -2.07. The van der Waals surface area contributed by atoms with Gasteiger partial charge in [0.1, 0.15) is 0 Å². The molecule has 0 aliphatic carbocycles. The molecule has 29 heavy (non-hydrogen) atoms. The Morgan fingerprint density at radius 3 is 1.52 bits per heavy atom. The summed E-state index contributed by atoms with van der Waals surface area (Å²) >= 11 is 0. The molecular weight excluding hydrogens is 360 g/mol. The molecule has 0 N–H and O–H groups in total. The minimum Gasteiger partial charge on any atom is -0.293 e. The Balaban J connectivity index is 1.77. The van der Waals surface area contributed by atoms with Gasteiger partial charge in [0.05, 0.1) is 12.2 Å². The van der Waals surface area contributed by atoms with Crippen LogP contribution in [-0.4, -0.2) is 12.6 Å². The van der Waals surface area contributed by atoms with E-state index in [1.165, 1.54) is 89.9 Å². The van der Waals surface area contributed by atoms with E-state index >= 15 is 0 Å². The average molecular weight is 405 g/mol. The van der Waals surface area contributed by atoms with Crippen LogP contribution in [0, 0.1) is 6.92 Å². The van der Waals surface area contributed by atoms with E-state index in [0.29, 0.717) is 12.2 Å². The molecule has 0 amide bonds. The van der Waals surface area contributed by atoms with Crippen LogP contribution < -0.4 is 0 Å². The van der Waals surface area contributed by atoms with Gasteiger partial charge in [-0.2, -0.15) is 4.89 Å². The normalized spacial score (nSPS) is 11.0. The second kappa shape index (κ2) is 18.7. The molecule has 166 valence electrons. The Morgan fingerprint density at radius 1 is 0.655 bits per heavy atom. The van der Waals surface area contributed by atoms with Crippen LogP contribution in [0.2, 0.25) is 0 Å². The van der Waals surface area contributed by atoms with Crippen molar-refractivity contribution in [1.82, 2.24) is 0 Å². The number of rotatable bonds is 19. The van der Waals surface area contributed by atoms with Crippen molar-refractivity contribution in [3.8, 4) is 0 Å². The minimum atomic E-state index is -0.415. The lowest BCUT2D eigenvalue weighted by molar-refractivity contribution is -0.241. The van der Waals surface area contributed by atoms with Gasteiger partial charge in [-0.15, -0.1) is 0 Å². The fourth-order valence-electron chi connectivity index (χ4n) is 3.54. The third-order valence-corrected chi connectivity index (χ3v) is 5.50. The van der Waals surface area contributed by atoms with Crippen LogP contribution in [-0.2, 0) is 9.78 Å². The molecule has 1 aromatic rings. The fraction of sp³-hybridized carbons (Fsp3) is 0.731. The third-order valence-electron chi connectivity index (χ3n) is 5.50. The molecule has 0 saturated carbocycles. The van der Waals surface area contributed by atoms with Crippen molar-refractivity contribution in [2.24, 2.45) is 0 Å². The zero-order chi connectivity index (χ0) is 21.0. The molecule has 0 aliphatic rings. The molecule has 0 spiro atoms. The van der Waals surface area contributed by atoms with Crippen LogP contribution in [0.3, 0.4) is 0 Å². The molecule has 1 rings (SSSR count). The van der Waals surface area contributed by atoms with Crippen LogP contribution in [0.25, 0.3) is 0 Å². The van der Waals surface area contributed by atoms with Crippen LogP contribution in [0.1, 0.15) is 126 Å². The topological polar surface area (TPSA) is 35.5 Å². The van der Waals surface area contributed by atoms with Gasteiger partial charge < -0.3 is 0 Å². The summed E-state index contributed by atoms with van der Waals surface area (Å²) in [6, 6.07) is 7.31. The first-order valence-electron chi connectivity index (χ1n) is 12.1. The summed E-state index contributed by atoms with van der Waals surface area (Å²) in [7, 11) is 0. The number of hydrogen-bond acceptors (Lipinski definition) is 3. The predicted octanol–water partition coefficient (Wildman–Crippen LogP) is 8.34. The summed E-state index contributed by atoms with van der Waals surface area (Å²) in [5.74, 6) is -0.415. The van der Waals surface area contributed by atoms with Gasteiger partial charge in [0.15, 0.2) is 0 Å². The summed E-state index contributed by atoms with van der Waals surface area (Å²) in [6.07, 6.45) is 21.5. The van der Waals surface area contributed by atoms with Crippen LogP contribution >= 0.6 is 0 Å². The average Bonchev–Trinajstić information content (AvgIpc) is 2.73. The van der Waals surface area contributed by atoms with Gasteiger partial charge in [0, 0.05) is 0 Å². The first-order chi connectivity index (χ1) is 14.2. The van der Waals surface area contributed by atoms with E-state index in [1.54, 1.807) is 12.1 Å². The number of carbonyl (C=O) groups is 1. The van der Waals surface area contributed by atoms with Crippen molar-refractivity contribution >= 4 is 5.97 Å². The second-order valence-corrected chi connectivity index (χ2v) is 8.36. The fourth-order valence-corrected chi connectivity index (χ4v) is 3.54. The number of hydrogen-bond donors (Lipinski definition) is 0. The largest absolute Gasteiger partial charge is 0.373 e. The molecule has 1 aromatic carbocycles. The number of carbonyl (C=O) groups excluding carboxylic acids is 1. The molecule has 0 atom stereocenters. The van der Waals surface area contributed by atoms with Crippen LogP contribution in [0.4, 0.5) is 0 Å². The highest BCUT2D eigenvalue weighted by Crippen LogP contribution is 2.14. The van der Waals surface area contributed by atoms with Gasteiger partial charge in [-0.05, 0) is 25.5 Å². The first-order valence-corrected chi connectivity index (χ1v) is 12.1. The Labute approximate surface area is 179 Å². The maximum Gasteiger partial charge on any atom is 0.373 e. The monoisotopic (exact) mass is 404 g/mol. The quantitative estimate of drug-likeness (QED) is 0.132. The molecule has 3 nitrogen and oxygen atoms in total. The van der Waals surface area contributed by atoms with Gasteiger partial charge >= 0.3 is 5.97 Å². The number of aryl methyl sites for hydroxylation is 1. The van der Waals surface area contributed by atoms with Gasteiger partial charge in [0.2, 0.25) is 0 Å². The molecular formula is C26H44O3. The van der Waals surface area contributed by atoms with Crippen molar-refractivity contribution in [2.45, 2.75) is 117 Å². The van der Waals surface area contributed by atoms with Crippen molar-refractivity contribution in [1.29, 1.82) is 0 Å². The minimum absolute atomic E-state index is 0.415. The molecule has 0 bridgehead atoms. The molecule has 0 aliphatic heterocycles. The van der Waals surface area contributed by atoms with Crippen LogP contribution in [0.5, 0.6) is 0 Å². The van der Waals surface area contributed by atoms with E-state index in [9.17, 15) is 4.79 Å². The smallest absolute Gasteiger partial charge is 0.293 e. The Hall–Kier alpha value is -1.35. The lowest BCUT2D eigenvalue weighted by Gasteiger charge is -2.05. The zero-order valence-electron chi connectivity index (χ0n) is 19.1. The van der Waals surface area contributed by atoms with Gasteiger partial charge in [-0.25, -0.2) is 4.79 Å². The van der Waals surface area contributed by atoms with Crippen LogP contribution in [0.15, 0.2) is 24.3 Å². The van der Waals surface area contributed by atoms with Gasteiger partial charge in [-0.1, -0.05) is 121 Å². The third kappa shape index (κ3) is 15.2. The molecule has 3 heteroatoms. The maximum atomic E-state index is 11.8. The summed E-state index contributed by atoms with van der Waals surface area (Å²) in [5.41, 5.74) is 1.65. The Kier molecular flexibility index (Phi) is 16.5. The molecule has 0 unspecified atom stereocenters. The van der Waals surface area contributed by atoms with Crippen molar-refractivity contribution in [2.75, 3.05) is 6.61 Å².